The van der Waals surface area contributed by atoms with Gasteiger partial charge in [-0.1, -0.05) is 98.3 Å². The van der Waals surface area contributed by atoms with Gasteiger partial charge in [0.05, 0.1) is 0 Å². The van der Waals surface area contributed by atoms with E-state index in [9.17, 15) is 0 Å². The van der Waals surface area contributed by atoms with Crippen LogP contribution in [0.2, 0.25) is 0 Å². The van der Waals surface area contributed by atoms with Gasteiger partial charge in [-0.3, -0.25) is 0 Å². The summed E-state index contributed by atoms with van der Waals surface area (Å²) in [6, 6.07) is 0. The molecule has 0 bridgehead atoms. The minimum atomic E-state index is 0.954. The number of hydrogen-bond donors (Lipinski definition) is 0. The van der Waals surface area contributed by atoms with Crippen LogP contribution in [-0.2, 0) is 0 Å². The van der Waals surface area contributed by atoms with Crippen LogP contribution in [0, 0.1) is 11.8 Å². The van der Waals surface area contributed by atoms with Gasteiger partial charge < -0.3 is 0 Å². The van der Waals surface area contributed by atoms with Gasteiger partial charge in [-0.25, -0.2) is 0 Å². The highest BCUT2D eigenvalue weighted by Gasteiger charge is 2.09. The molecule has 0 heterocycles. The SMILES string of the molecule is CCCCCCCCCCC(C)CC(CC)CC. The third-order valence-corrected chi connectivity index (χ3v) is 4.44. The van der Waals surface area contributed by atoms with Gasteiger partial charge in [-0.2, -0.15) is 0 Å². The summed E-state index contributed by atoms with van der Waals surface area (Å²) in [5.74, 6) is 1.93. The maximum absolute atomic E-state index is 2.46. The molecule has 0 amide bonds. The highest BCUT2D eigenvalue weighted by molar-refractivity contribution is 4.61. The van der Waals surface area contributed by atoms with Crippen molar-refractivity contribution in [1.82, 2.24) is 0 Å². The first-order valence-electron chi connectivity index (χ1n) is 8.74. The van der Waals surface area contributed by atoms with Gasteiger partial charge in [0.25, 0.3) is 0 Å². The number of unbranched alkanes of at least 4 members (excludes halogenated alkanes) is 7. The summed E-state index contributed by atoms with van der Waals surface area (Å²) in [6.07, 6.45) is 17.3. The summed E-state index contributed by atoms with van der Waals surface area (Å²) in [5, 5.41) is 0. The summed E-state index contributed by atoms with van der Waals surface area (Å²) in [5.41, 5.74) is 0. The lowest BCUT2D eigenvalue weighted by Crippen LogP contribution is -2.04. The molecule has 0 saturated carbocycles. The fourth-order valence-electron chi connectivity index (χ4n) is 2.94. The average molecular weight is 255 g/mol. The molecule has 0 N–H and O–H groups in total. The largest absolute Gasteiger partial charge is 0.0654 e. The van der Waals surface area contributed by atoms with Crippen LogP contribution in [0.1, 0.15) is 105 Å². The third kappa shape index (κ3) is 11.1. The fourth-order valence-corrected chi connectivity index (χ4v) is 2.94. The van der Waals surface area contributed by atoms with E-state index in [-0.39, 0.29) is 0 Å². The molecule has 0 fully saturated rings. The fraction of sp³-hybridized carbons (Fsp3) is 1.00. The Kier molecular flexibility index (Phi) is 13.4. The lowest BCUT2D eigenvalue weighted by atomic mass is 9.88. The molecule has 18 heavy (non-hydrogen) atoms. The summed E-state index contributed by atoms with van der Waals surface area (Å²) >= 11 is 0. The zero-order chi connectivity index (χ0) is 13.6. The summed E-state index contributed by atoms with van der Waals surface area (Å²) < 4.78 is 0. The van der Waals surface area contributed by atoms with Crippen molar-refractivity contribution < 1.29 is 0 Å². The monoisotopic (exact) mass is 254 g/mol. The van der Waals surface area contributed by atoms with Crippen LogP contribution in [0.4, 0.5) is 0 Å². The van der Waals surface area contributed by atoms with Gasteiger partial charge in [0, 0.05) is 0 Å². The van der Waals surface area contributed by atoms with E-state index in [2.05, 4.69) is 27.7 Å². The Bertz CT molecular complexity index is 146. The van der Waals surface area contributed by atoms with Crippen molar-refractivity contribution in [2.45, 2.75) is 105 Å². The van der Waals surface area contributed by atoms with E-state index in [0.29, 0.717) is 0 Å². The van der Waals surface area contributed by atoms with Gasteiger partial charge in [0.2, 0.25) is 0 Å². The Morgan fingerprint density at radius 2 is 1.17 bits per heavy atom. The predicted octanol–water partition coefficient (Wildman–Crippen LogP) is 6.98. The van der Waals surface area contributed by atoms with Crippen molar-refractivity contribution in [2.24, 2.45) is 11.8 Å². The average Bonchev–Trinajstić information content (AvgIpc) is 2.39. The topological polar surface area (TPSA) is 0 Å². The predicted molar refractivity (Wildman–Crippen MR) is 85.1 cm³/mol. The van der Waals surface area contributed by atoms with E-state index in [4.69, 9.17) is 0 Å². The smallest absolute Gasteiger partial charge is 0.0417 e. The highest BCUT2D eigenvalue weighted by Crippen LogP contribution is 2.23. The van der Waals surface area contributed by atoms with Crippen LogP contribution in [0.5, 0.6) is 0 Å². The molecular weight excluding hydrogens is 216 g/mol. The first-order chi connectivity index (χ1) is 8.74. The molecule has 1 unspecified atom stereocenters. The summed E-state index contributed by atoms with van der Waals surface area (Å²) in [7, 11) is 0. The third-order valence-electron chi connectivity index (χ3n) is 4.44. The zero-order valence-electron chi connectivity index (χ0n) is 13.6. The molecule has 0 aliphatic heterocycles. The molecule has 0 saturated heterocycles. The Hall–Kier alpha value is 0. The molecule has 0 aromatic rings. The van der Waals surface area contributed by atoms with E-state index in [1.165, 1.54) is 77.0 Å². The Balaban J connectivity index is 3.27. The highest BCUT2D eigenvalue weighted by atomic mass is 14.1. The van der Waals surface area contributed by atoms with Crippen LogP contribution in [-0.4, -0.2) is 0 Å². The van der Waals surface area contributed by atoms with Crippen LogP contribution < -0.4 is 0 Å². The molecule has 0 nitrogen and oxygen atoms in total. The molecule has 0 rings (SSSR count). The van der Waals surface area contributed by atoms with Crippen molar-refractivity contribution in [3.63, 3.8) is 0 Å². The van der Waals surface area contributed by atoms with Gasteiger partial charge >= 0.3 is 0 Å². The maximum Gasteiger partial charge on any atom is -0.0417 e. The van der Waals surface area contributed by atoms with E-state index in [0.717, 1.165) is 11.8 Å². The zero-order valence-corrected chi connectivity index (χ0v) is 13.6. The van der Waals surface area contributed by atoms with Crippen molar-refractivity contribution in [3.05, 3.63) is 0 Å². The molecule has 0 aromatic carbocycles. The van der Waals surface area contributed by atoms with Crippen LogP contribution >= 0.6 is 0 Å². The Labute approximate surface area is 117 Å². The van der Waals surface area contributed by atoms with Crippen molar-refractivity contribution in [3.8, 4) is 0 Å². The molecule has 0 aliphatic rings. The second-order valence-electron chi connectivity index (χ2n) is 6.29. The second kappa shape index (κ2) is 13.4. The minimum Gasteiger partial charge on any atom is -0.0654 e. The lowest BCUT2D eigenvalue weighted by Gasteiger charge is -2.18. The molecule has 110 valence electrons. The molecule has 0 aromatic heterocycles. The van der Waals surface area contributed by atoms with Gasteiger partial charge in [0.1, 0.15) is 0 Å². The first-order valence-corrected chi connectivity index (χ1v) is 8.74. The number of rotatable bonds is 13. The first kappa shape index (κ1) is 18.0. The standard InChI is InChI=1S/C18H38/c1-5-8-9-10-11-12-13-14-15-17(4)16-18(6-2)7-3/h17-18H,5-16H2,1-4H3. The second-order valence-corrected chi connectivity index (χ2v) is 6.29. The Morgan fingerprint density at radius 3 is 1.67 bits per heavy atom. The van der Waals surface area contributed by atoms with E-state index >= 15 is 0 Å². The Morgan fingerprint density at radius 1 is 0.667 bits per heavy atom. The molecule has 0 aliphatic carbocycles. The van der Waals surface area contributed by atoms with E-state index in [1.807, 2.05) is 0 Å². The normalized spacial score (nSPS) is 13.2. The molecule has 1 atom stereocenters. The van der Waals surface area contributed by atoms with Crippen molar-refractivity contribution in [2.75, 3.05) is 0 Å². The molecule has 0 spiro atoms. The summed E-state index contributed by atoms with van der Waals surface area (Å²) in [4.78, 5) is 0. The van der Waals surface area contributed by atoms with Crippen LogP contribution in [0.25, 0.3) is 0 Å². The quantitative estimate of drug-likeness (QED) is 0.311. The van der Waals surface area contributed by atoms with Gasteiger partial charge in [-0.05, 0) is 18.3 Å². The molecular formula is C18H38. The van der Waals surface area contributed by atoms with Gasteiger partial charge in [-0.15, -0.1) is 0 Å². The number of hydrogen-bond acceptors (Lipinski definition) is 0. The van der Waals surface area contributed by atoms with Crippen LogP contribution in [0.3, 0.4) is 0 Å². The molecule has 0 radical (unpaired) electrons. The van der Waals surface area contributed by atoms with Crippen molar-refractivity contribution >= 4 is 0 Å². The van der Waals surface area contributed by atoms with Crippen LogP contribution in [0.15, 0.2) is 0 Å². The van der Waals surface area contributed by atoms with Gasteiger partial charge in [0.15, 0.2) is 0 Å². The van der Waals surface area contributed by atoms with E-state index in [1.54, 1.807) is 0 Å². The lowest BCUT2D eigenvalue weighted by molar-refractivity contribution is 0.347. The molecule has 0 heteroatoms. The maximum atomic E-state index is 2.46. The minimum absolute atomic E-state index is 0.954. The summed E-state index contributed by atoms with van der Waals surface area (Å²) in [6.45, 7) is 9.44. The van der Waals surface area contributed by atoms with Crippen molar-refractivity contribution in [1.29, 1.82) is 0 Å². The van der Waals surface area contributed by atoms with E-state index < -0.39 is 0 Å².